The molecule has 0 spiro atoms. The summed E-state index contributed by atoms with van der Waals surface area (Å²) < 4.78 is 5.22. The van der Waals surface area contributed by atoms with Crippen LogP contribution in [0.5, 0.6) is 5.75 Å². The van der Waals surface area contributed by atoms with Crippen LogP contribution in [0.2, 0.25) is 0 Å². The summed E-state index contributed by atoms with van der Waals surface area (Å²) in [6.07, 6.45) is 0. The lowest BCUT2D eigenvalue weighted by Crippen LogP contribution is -1.90. The largest absolute Gasteiger partial charge is 0.497 e. The van der Waals surface area contributed by atoms with Crippen LogP contribution in [-0.4, -0.2) is 7.11 Å². The van der Waals surface area contributed by atoms with E-state index in [4.69, 9.17) is 10.5 Å². The normalized spacial score (nSPS) is 10.4. The highest BCUT2D eigenvalue weighted by molar-refractivity contribution is 7.99. The van der Waals surface area contributed by atoms with Gasteiger partial charge in [0.05, 0.1) is 7.11 Å². The van der Waals surface area contributed by atoms with Gasteiger partial charge in [0, 0.05) is 15.5 Å². The first-order valence-electron chi connectivity index (χ1n) is 5.79. The van der Waals surface area contributed by atoms with Gasteiger partial charge in [-0.2, -0.15) is 0 Å². The monoisotopic (exact) mass is 259 g/mol. The SMILES string of the molecule is COc1ccc(N)c(Sc2ccc(C)c(C)c2)c1. The number of rotatable bonds is 3. The highest BCUT2D eigenvalue weighted by Gasteiger charge is 2.05. The van der Waals surface area contributed by atoms with Crippen LogP contribution in [-0.2, 0) is 0 Å². The molecule has 0 bridgehead atoms. The number of nitrogens with two attached hydrogens (primary N) is 1. The quantitative estimate of drug-likeness (QED) is 0.845. The molecule has 0 aliphatic rings. The molecule has 94 valence electrons. The second-order valence-corrected chi connectivity index (χ2v) is 5.37. The molecule has 0 aromatic heterocycles. The van der Waals surface area contributed by atoms with E-state index in [9.17, 15) is 0 Å². The van der Waals surface area contributed by atoms with Gasteiger partial charge in [-0.1, -0.05) is 17.8 Å². The zero-order valence-corrected chi connectivity index (χ0v) is 11.7. The average molecular weight is 259 g/mol. The van der Waals surface area contributed by atoms with Crippen LogP contribution in [0.15, 0.2) is 46.2 Å². The molecule has 2 rings (SSSR count). The fourth-order valence-electron chi connectivity index (χ4n) is 1.63. The number of anilines is 1. The van der Waals surface area contributed by atoms with Crippen molar-refractivity contribution >= 4 is 17.4 Å². The summed E-state index contributed by atoms with van der Waals surface area (Å²) in [6, 6.07) is 12.1. The minimum Gasteiger partial charge on any atom is -0.497 e. The molecule has 2 aromatic carbocycles. The number of ether oxygens (including phenoxy) is 1. The van der Waals surface area contributed by atoms with Crippen LogP contribution in [0, 0.1) is 13.8 Å². The summed E-state index contributed by atoms with van der Waals surface area (Å²) in [7, 11) is 1.66. The van der Waals surface area contributed by atoms with Crippen molar-refractivity contribution in [3.8, 4) is 5.75 Å². The van der Waals surface area contributed by atoms with Gasteiger partial charge in [0.2, 0.25) is 0 Å². The molecular weight excluding hydrogens is 242 g/mol. The molecule has 2 N–H and O–H groups in total. The van der Waals surface area contributed by atoms with Crippen molar-refractivity contribution in [1.82, 2.24) is 0 Å². The summed E-state index contributed by atoms with van der Waals surface area (Å²) in [5, 5.41) is 0. The van der Waals surface area contributed by atoms with Crippen molar-refractivity contribution in [1.29, 1.82) is 0 Å². The summed E-state index contributed by atoms with van der Waals surface area (Å²) in [5.41, 5.74) is 9.36. The van der Waals surface area contributed by atoms with E-state index in [2.05, 4.69) is 32.0 Å². The molecular formula is C15H17NOS. The third-order valence-corrected chi connectivity index (χ3v) is 3.99. The van der Waals surface area contributed by atoms with E-state index in [-0.39, 0.29) is 0 Å². The molecule has 0 saturated carbocycles. The number of aryl methyl sites for hydroxylation is 2. The summed E-state index contributed by atoms with van der Waals surface area (Å²) in [4.78, 5) is 2.22. The zero-order valence-electron chi connectivity index (χ0n) is 10.9. The van der Waals surface area contributed by atoms with Crippen molar-refractivity contribution in [2.75, 3.05) is 12.8 Å². The third-order valence-electron chi connectivity index (χ3n) is 2.93. The Morgan fingerprint density at radius 3 is 2.44 bits per heavy atom. The molecule has 18 heavy (non-hydrogen) atoms. The van der Waals surface area contributed by atoms with Gasteiger partial charge in [-0.25, -0.2) is 0 Å². The molecule has 0 aliphatic heterocycles. The standard InChI is InChI=1S/C15H17NOS/c1-10-4-6-13(8-11(10)2)18-15-9-12(17-3)5-7-14(15)16/h4-9H,16H2,1-3H3. The maximum Gasteiger partial charge on any atom is 0.120 e. The van der Waals surface area contributed by atoms with Gasteiger partial charge in [0.25, 0.3) is 0 Å². The second-order valence-electron chi connectivity index (χ2n) is 4.25. The highest BCUT2D eigenvalue weighted by Crippen LogP contribution is 2.35. The van der Waals surface area contributed by atoms with Gasteiger partial charge in [-0.05, 0) is 55.3 Å². The first-order valence-corrected chi connectivity index (χ1v) is 6.60. The fourth-order valence-corrected chi connectivity index (χ4v) is 2.62. The lowest BCUT2D eigenvalue weighted by Gasteiger charge is -2.09. The summed E-state index contributed by atoms with van der Waals surface area (Å²) >= 11 is 1.66. The van der Waals surface area contributed by atoms with Crippen molar-refractivity contribution in [3.63, 3.8) is 0 Å². The smallest absolute Gasteiger partial charge is 0.120 e. The van der Waals surface area contributed by atoms with Gasteiger partial charge < -0.3 is 10.5 Å². The summed E-state index contributed by atoms with van der Waals surface area (Å²) in [5.74, 6) is 0.829. The predicted molar refractivity (Wildman–Crippen MR) is 77.4 cm³/mol. The molecule has 2 aromatic rings. The highest BCUT2D eigenvalue weighted by atomic mass is 32.2. The molecule has 0 saturated heterocycles. The number of benzene rings is 2. The molecule has 0 unspecified atom stereocenters. The third kappa shape index (κ3) is 2.79. The molecule has 2 nitrogen and oxygen atoms in total. The first kappa shape index (κ1) is 12.8. The molecule has 3 heteroatoms. The Hall–Kier alpha value is -1.61. The minimum atomic E-state index is 0.777. The van der Waals surface area contributed by atoms with E-state index in [1.807, 2.05) is 18.2 Å². The molecule has 0 radical (unpaired) electrons. The minimum absolute atomic E-state index is 0.777. The zero-order chi connectivity index (χ0) is 13.1. The van der Waals surface area contributed by atoms with Crippen LogP contribution in [0.1, 0.15) is 11.1 Å². The Kier molecular flexibility index (Phi) is 3.82. The van der Waals surface area contributed by atoms with Gasteiger partial charge in [-0.15, -0.1) is 0 Å². The van der Waals surface area contributed by atoms with E-state index < -0.39 is 0 Å². The van der Waals surface area contributed by atoms with Crippen molar-refractivity contribution < 1.29 is 4.74 Å². The topological polar surface area (TPSA) is 35.2 Å². The Labute approximate surface area is 112 Å². The number of methoxy groups -OCH3 is 1. The van der Waals surface area contributed by atoms with E-state index in [0.717, 1.165) is 16.3 Å². The number of nitrogen functional groups attached to an aromatic ring is 1. The van der Waals surface area contributed by atoms with Crippen LogP contribution in [0.4, 0.5) is 5.69 Å². The van der Waals surface area contributed by atoms with Crippen molar-refractivity contribution in [2.24, 2.45) is 0 Å². The van der Waals surface area contributed by atoms with Gasteiger partial charge in [0.15, 0.2) is 0 Å². The maximum atomic E-state index is 5.98. The van der Waals surface area contributed by atoms with E-state index in [1.165, 1.54) is 16.0 Å². The Morgan fingerprint density at radius 1 is 1.00 bits per heavy atom. The van der Waals surface area contributed by atoms with Gasteiger partial charge >= 0.3 is 0 Å². The molecule has 0 fully saturated rings. The van der Waals surface area contributed by atoms with Crippen molar-refractivity contribution in [3.05, 3.63) is 47.5 Å². The average Bonchev–Trinajstić information content (AvgIpc) is 2.36. The van der Waals surface area contributed by atoms with E-state index in [0.29, 0.717) is 0 Å². The maximum absolute atomic E-state index is 5.98. The number of hydrogen-bond acceptors (Lipinski definition) is 3. The number of hydrogen-bond donors (Lipinski definition) is 1. The molecule has 0 atom stereocenters. The van der Waals surface area contributed by atoms with Gasteiger partial charge in [0.1, 0.15) is 5.75 Å². The molecule has 0 heterocycles. The second kappa shape index (κ2) is 5.36. The van der Waals surface area contributed by atoms with E-state index in [1.54, 1.807) is 18.9 Å². The summed E-state index contributed by atoms with van der Waals surface area (Å²) in [6.45, 7) is 4.23. The van der Waals surface area contributed by atoms with E-state index >= 15 is 0 Å². The molecule has 0 aliphatic carbocycles. The Morgan fingerprint density at radius 2 is 1.78 bits per heavy atom. The van der Waals surface area contributed by atoms with Crippen LogP contribution in [0.25, 0.3) is 0 Å². The Balaban J connectivity index is 2.30. The fraction of sp³-hybridized carbons (Fsp3) is 0.200. The lowest BCUT2D eigenvalue weighted by molar-refractivity contribution is 0.414. The van der Waals surface area contributed by atoms with Crippen LogP contribution >= 0.6 is 11.8 Å². The lowest BCUT2D eigenvalue weighted by atomic mass is 10.1. The first-order chi connectivity index (χ1) is 8.60. The molecule has 0 amide bonds. The van der Waals surface area contributed by atoms with Gasteiger partial charge in [-0.3, -0.25) is 0 Å². The van der Waals surface area contributed by atoms with Crippen molar-refractivity contribution in [2.45, 2.75) is 23.6 Å². The van der Waals surface area contributed by atoms with Crippen LogP contribution < -0.4 is 10.5 Å². The van der Waals surface area contributed by atoms with Crippen LogP contribution in [0.3, 0.4) is 0 Å². The Bertz CT molecular complexity index is 566. The predicted octanol–water partition coefficient (Wildman–Crippen LogP) is 4.05.